The van der Waals surface area contributed by atoms with Crippen molar-refractivity contribution in [1.82, 2.24) is 9.80 Å². The van der Waals surface area contributed by atoms with E-state index in [-0.39, 0.29) is 11.4 Å². The molecule has 0 N–H and O–H groups in total. The van der Waals surface area contributed by atoms with Gasteiger partial charge in [0, 0.05) is 37.3 Å². The number of nitrogens with zero attached hydrogens (tertiary/aromatic N) is 2. The number of carbonyl (C=O) groups is 1. The molecule has 1 aromatic carbocycles. The van der Waals surface area contributed by atoms with Gasteiger partial charge in [-0.3, -0.25) is 9.69 Å². The van der Waals surface area contributed by atoms with Crippen LogP contribution in [0.3, 0.4) is 0 Å². The van der Waals surface area contributed by atoms with Crippen LogP contribution in [-0.4, -0.2) is 47.4 Å². The number of benzene rings is 1. The van der Waals surface area contributed by atoms with Crippen molar-refractivity contribution < 1.29 is 9.18 Å². The Morgan fingerprint density at radius 3 is 2.30 bits per heavy atom. The quantitative estimate of drug-likeness (QED) is 0.782. The van der Waals surface area contributed by atoms with E-state index in [0.29, 0.717) is 23.1 Å². The standard InChI is InChI=1S/C15H20BrFN2O/c1-15(2,3)19-8-6-18(7-9-19)14(20)11-4-5-12(16)13(17)10-11/h4-5,10H,6-9H2,1-3H3. The molecular weight excluding hydrogens is 323 g/mol. The Morgan fingerprint density at radius 2 is 1.80 bits per heavy atom. The molecule has 2 rings (SSSR count). The number of hydrogen-bond acceptors (Lipinski definition) is 2. The molecule has 0 aliphatic carbocycles. The lowest BCUT2D eigenvalue weighted by atomic mass is 10.0. The largest absolute Gasteiger partial charge is 0.336 e. The fourth-order valence-electron chi connectivity index (χ4n) is 2.39. The highest BCUT2D eigenvalue weighted by Crippen LogP contribution is 2.20. The van der Waals surface area contributed by atoms with Crippen LogP contribution < -0.4 is 0 Å². The maximum absolute atomic E-state index is 13.5. The van der Waals surface area contributed by atoms with E-state index < -0.39 is 5.82 Å². The SMILES string of the molecule is CC(C)(C)N1CCN(C(=O)c2ccc(Br)c(F)c2)CC1. The molecule has 1 amide bonds. The molecule has 0 aromatic heterocycles. The average Bonchev–Trinajstić information content (AvgIpc) is 2.40. The molecule has 0 saturated carbocycles. The van der Waals surface area contributed by atoms with Gasteiger partial charge in [-0.1, -0.05) is 0 Å². The molecule has 0 atom stereocenters. The summed E-state index contributed by atoms with van der Waals surface area (Å²) in [5.41, 5.74) is 0.536. The Kier molecular flexibility index (Phi) is 4.49. The minimum atomic E-state index is -0.399. The van der Waals surface area contributed by atoms with E-state index in [1.54, 1.807) is 17.0 Å². The Balaban J connectivity index is 2.03. The minimum Gasteiger partial charge on any atom is -0.336 e. The number of piperazine rings is 1. The zero-order valence-corrected chi connectivity index (χ0v) is 13.7. The Hall–Kier alpha value is -0.940. The summed E-state index contributed by atoms with van der Waals surface area (Å²) < 4.78 is 13.9. The second-order valence-electron chi connectivity index (χ2n) is 6.08. The Bertz CT molecular complexity index is 505. The fraction of sp³-hybridized carbons (Fsp3) is 0.533. The molecule has 1 fully saturated rings. The van der Waals surface area contributed by atoms with Gasteiger partial charge in [0.15, 0.2) is 0 Å². The number of hydrogen-bond donors (Lipinski definition) is 0. The second-order valence-corrected chi connectivity index (χ2v) is 6.93. The molecule has 1 aliphatic heterocycles. The van der Waals surface area contributed by atoms with Crippen LogP contribution in [0.25, 0.3) is 0 Å². The molecule has 3 nitrogen and oxygen atoms in total. The smallest absolute Gasteiger partial charge is 0.254 e. The van der Waals surface area contributed by atoms with Crippen molar-refractivity contribution in [2.24, 2.45) is 0 Å². The summed E-state index contributed by atoms with van der Waals surface area (Å²) in [7, 11) is 0. The van der Waals surface area contributed by atoms with Crippen LogP contribution in [0.5, 0.6) is 0 Å². The maximum atomic E-state index is 13.5. The molecule has 1 saturated heterocycles. The fourth-order valence-corrected chi connectivity index (χ4v) is 2.64. The molecule has 110 valence electrons. The van der Waals surface area contributed by atoms with Crippen molar-refractivity contribution in [2.75, 3.05) is 26.2 Å². The van der Waals surface area contributed by atoms with Crippen molar-refractivity contribution >= 4 is 21.8 Å². The molecule has 20 heavy (non-hydrogen) atoms. The van der Waals surface area contributed by atoms with Gasteiger partial charge in [0.05, 0.1) is 4.47 Å². The van der Waals surface area contributed by atoms with Gasteiger partial charge >= 0.3 is 0 Å². The van der Waals surface area contributed by atoms with Crippen molar-refractivity contribution in [1.29, 1.82) is 0 Å². The molecular formula is C15H20BrFN2O. The van der Waals surface area contributed by atoms with Gasteiger partial charge in [0.1, 0.15) is 5.82 Å². The van der Waals surface area contributed by atoms with Gasteiger partial charge in [-0.25, -0.2) is 4.39 Å². The summed E-state index contributed by atoms with van der Waals surface area (Å²) in [6.45, 7) is 9.61. The van der Waals surface area contributed by atoms with Gasteiger partial charge in [0.25, 0.3) is 5.91 Å². The molecule has 1 aromatic rings. The predicted molar refractivity (Wildman–Crippen MR) is 81.3 cm³/mol. The first-order valence-electron chi connectivity index (χ1n) is 6.78. The van der Waals surface area contributed by atoms with E-state index in [2.05, 4.69) is 41.6 Å². The normalized spacial score (nSPS) is 17.4. The molecule has 1 heterocycles. The Labute approximate surface area is 127 Å². The van der Waals surface area contributed by atoms with Gasteiger partial charge in [0.2, 0.25) is 0 Å². The van der Waals surface area contributed by atoms with E-state index in [4.69, 9.17) is 0 Å². The molecule has 0 spiro atoms. The van der Waals surface area contributed by atoms with Crippen molar-refractivity contribution in [3.05, 3.63) is 34.1 Å². The molecule has 0 radical (unpaired) electrons. The van der Waals surface area contributed by atoms with E-state index in [1.165, 1.54) is 6.07 Å². The predicted octanol–water partition coefficient (Wildman–Crippen LogP) is 3.14. The number of halogens is 2. The summed E-state index contributed by atoms with van der Waals surface area (Å²) in [6, 6.07) is 4.53. The van der Waals surface area contributed by atoms with Gasteiger partial charge in [-0.2, -0.15) is 0 Å². The monoisotopic (exact) mass is 342 g/mol. The van der Waals surface area contributed by atoms with Gasteiger partial charge in [-0.15, -0.1) is 0 Å². The minimum absolute atomic E-state index is 0.0926. The third-order valence-electron chi connectivity index (χ3n) is 3.68. The second kappa shape index (κ2) is 5.82. The van der Waals surface area contributed by atoms with E-state index >= 15 is 0 Å². The zero-order valence-electron chi connectivity index (χ0n) is 12.1. The first-order chi connectivity index (χ1) is 9.29. The summed E-state index contributed by atoms with van der Waals surface area (Å²) >= 11 is 3.10. The lowest BCUT2D eigenvalue weighted by molar-refractivity contribution is 0.0451. The highest BCUT2D eigenvalue weighted by atomic mass is 79.9. The van der Waals surface area contributed by atoms with Crippen LogP contribution in [0.15, 0.2) is 22.7 Å². The Morgan fingerprint density at radius 1 is 1.20 bits per heavy atom. The number of rotatable bonds is 1. The average molecular weight is 343 g/mol. The van der Waals surface area contributed by atoms with E-state index in [0.717, 1.165) is 13.1 Å². The molecule has 1 aliphatic rings. The van der Waals surface area contributed by atoms with E-state index in [1.807, 2.05) is 0 Å². The van der Waals surface area contributed by atoms with Gasteiger partial charge in [-0.05, 0) is 54.9 Å². The highest BCUT2D eigenvalue weighted by molar-refractivity contribution is 9.10. The lowest BCUT2D eigenvalue weighted by Crippen LogP contribution is -2.54. The number of carbonyl (C=O) groups excluding carboxylic acids is 1. The zero-order chi connectivity index (χ0) is 14.9. The topological polar surface area (TPSA) is 23.6 Å². The first kappa shape index (κ1) is 15.4. The lowest BCUT2D eigenvalue weighted by Gasteiger charge is -2.42. The first-order valence-corrected chi connectivity index (χ1v) is 7.58. The summed E-state index contributed by atoms with van der Waals surface area (Å²) in [6.07, 6.45) is 0. The number of amides is 1. The summed E-state index contributed by atoms with van der Waals surface area (Å²) in [5.74, 6) is -0.492. The summed E-state index contributed by atoms with van der Waals surface area (Å²) in [4.78, 5) is 16.5. The van der Waals surface area contributed by atoms with Crippen LogP contribution in [0.2, 0.25) is 0 Å². The van der Waals surface area contributed by atoms with Crippen LogP contribution in [0.1, 0.15) is 31.1 Å². The molecule has 5 heteroatoms. The van der Waals surface area contributed by atoms with E-state index in [9.17, 15) is 9.18 Å². The van der Waals surface area contributed by atoms with Gasteiger partial charge < -0.3 is 4.90 Å². The third kappa shape index (κ3) is 3.38. The van der Waals surface area contributed by atoms with Crippen molar-refractivity contribution in [3.8, 4) is 0 Å². The maximum Gasteiger partial charge on any atom is 0.254 e. The van der Waals surface area contributed by atoms with Crippen molar-refractivity contribution in [2.45, 2.75) is 26.3 Å². The third-order valence-corrected chi connectivity index (χ3v) is 4.33. The highest BCUT2D eigenvalue weighted by Gasteiger charge is 2.28. The molecule has 0 bridgehead atoms. The summed E-state index contributed by atoms with van der Waals surface area (Å²) in [5, 5.41) is 0. The van der Waals surface area contributed by atoms with Crippen LogP contribution in [-0.2, 0) is 0 Å². The molecule has 0 unspecified atom stereocenters. The van der Waals surface area contributed by atoms with Crippen LogP contribution in [0, 0.1) is 5.82 Å². The van der Waals surface area contributed by atoms with Crippen LogP contribution in [0.4, 0.5) is 4.39 Å². The van der Waals surface area contributed by atoms with Crippen molar-refractivity contribution in [3.63, 3.8) is 0 Å². The van der Waals surface area contributed by atoms with Crippen LogP contribution >= 0.6 is 15.9 Å².